The molecule has 2 rings (SSSR count). The first-order valence-electron chi connectivity index (χ1n) is 5.64. The van der Waals surface area contributed by atoms with Gasteiger partial charge in [0.05, 0.1) is 16.3 Å². The first-order valence-corrected chi connectivity index (χ1v) is 5.64. The fourth-order valence-electron chi connectivity index (χ4n) is 1.78. The molecule has 100 valence electrons. The molecule has 0 fully saturated rings. The number of aromatic nitrogens is 2. The number of nitrogens with one attached hydrogen (secondary N) is 1. The molecular weight excluding hydrogens is 251 g/mol. The van der Waals surface area contributed by atoms with Gasteiger partial charge in [-0.1, -0.05) is 6.07 Å². The maximum atomic E-state index is 13.4. The Hall–Kier alpha value is -2.44. The zero-order valence-corrected chi connectivity index (χ0v) is 10.6. The van der Waals surface area contributed by atoms with E-state index in [9.17, 15) is 14.5 Å². The van der Waals surface area contributed by atoms with Gasteiger partial charge in [0.15, 0.2) is 0 Å². The summed E-state index contributed by atoms with van der Waals surface area (Å²) in [4.78, 5) is 9.76. The van der Waals surface area contributed by atoms with E-state index in [1.807, 2.05) is 20.2 Å². The molecule has 1 aromatic heterocycles. The second kappa shape index (κ2) is 5.05. The molecule has 1 aromatic carbocycles. The van der Waals surface area contributed by atoms with E-state index in [1.165, 1.54) is 12.1 Å². The Morgan fingerprint density at radius 3 is 2.79 bits per heavy atom. The van der Waals surface area contributed by atoms with Crippen molar-refractivity contribution in [2.75, 3.05) is 5.32 Å². The lowest BCUT2D eigenvalue weighted by atomic mass is 10.2. The Kier molecular flexibility index (Phi) is 3.46. The number of anilines is 1. The van der Waals surface area contributed by atoms with Crippen LogP contribution in [0, 0.1) is 22.9 Å². The summed E-state index contributed by atoms with van der Waals surface area (Å²) in [6, 6.07) is 3.86. The fourth-order valence-corrected chi connectivity index (χ4v) is 1.78. The smallest absolute Gasteiger partial charge is 0.304 e. The summed E-state index contributed by atoms with van der Waals surface area (Å²) in [7, 11) is 1.81. The van der Waals surface area contributed by atoms with Gasteiger partial charge in [0.25, 0.3) is 0 Å². The number of nitro groups is 1. The highest BCUT2D eigenvalue weighted by molar-refractivity contribution is 5.46. The molecule has 0 spiro atoms. The highest BCUT2D eigenvalue weighted by Crippen LogP contribution is 2.19. The van der Waals surface area contributed by atoms with Crippen molar-refractivity contribution in [1.82, 2.24) is 9.78 Å². The standard InChI is InChI=1S/C12H13FN4O2/c1-8-11(7-16(2)15-8)14-6-9-3-4-12(17(18)19)10(13)5-9/h3-5,7,14H,6H2,1-2H3. The van der Waals surface area contributed by atoms with E-state index >= 15 is 0 Å². The van der Waals surface area contributed by atoms with Crippen molar-refractivity contribution in [3.8, 4) is 0 Å². The van der Waals surface area contributed by atoms with Gasteiger partial charge in [-0.3, -0.25) is 14.8 Å². The molecule has 1 heterocycles. The summed E-state index contributed by atoms with van der Waals surface area (Å²) in [6.45, 7) is 2.24. The van der Waals surface area contributed by atoms with Crippen LogP contribution in [0.2, 0.25) is 0 Å². The van der Waals surface area contributed by atoms with Crippen LogP contribution < -0.4 is 5.32 Å². The minimum atomic E-state index is -0.827. The Morgan fingerprint density at radius 2 is 2.26 bits per heavy atom. The van der Waals surface area contributed by atoms with Gasteiger partial charge in [-0.25, -0.2) is 0 Å². The molecule has 0 aliphatic heterocycles. The maximum absolute atomic E-state index is 13.4. The van der Waals surface area contributed by atoms with E-state index in [2.05, 4.69) is 10.4 Å². The lowest BCUT2D eigenvalue weighted by molar-refractivity contribution is -0.387. The molecule has 0 aliphatic carbocycles. The van der Waals surface area contributed by atoms with Gasteiger partial charge in [0, 0.05) is 25.9 Å². The van der Waals surface area contributed by atoms with Crippen LogP contribution in [0.15, 0.2) is 24.4 Å². The largest absolute Gasteiger partial charge is 0.378 e. The summed E-state index contributed by atoms with van der Waals surface area (Å²) >= 11 is 0. The summed E-state index contributed by atoms with van der Waals surface area (Å²) in [5.41, 5.74) is 1.80. The van der Waals surface area contributed by atoms with E-state index in [1.54, 1.807) is 4.68 Å². The Bertz CT molecular complexity index is 624. The van der Waals surface area contributed by atoms with Crippen LogP contribution in [-0.4, -0.2) is 14.7 Å². The molecule has 0 bridgehead atoms. The zero-order chi connectivity index (χ0) is 14.0. The Labute approximate surface area is 109 Å². The number of hydrogen-bond acceptors (Lipinski definition) is 4. The minimum Gasteiger partial charge on any atom is -0.378 e. The van der Waals surface area contributed by atoms with Crippen LogP contribution in [0.1, 0.15) is 11.3 Å². The van der Waals surface area contributed by atoms with E-state index < -0.39 is 16.4 Å². The lowest BCUT2D eigenvalue weighted by Crippen LogP contribution is -2.01. The maximum Gasteiger partial charge on any atom is 0.304 e. The average molecular weight is 264 g/mol. The number of rotatable bonds is 4. The quantitative estimate of drug-likeness (QED) is 0.679. The Morgan fingerprint density at radius 1 is 1.53 bits per heavy atom. The highest BCUT2D eigenvalue weighted by Gasteiger charge is 2.13. The molecule has 0 saturated carbocycles. The van der Waals surface area contributed by atoms with Crippen LogP contribution in [0.25, 0.3) is 0 Å². The van der Waals surface area contributed by atoms with Gasteiger partial charge >= 0.3 is 5.69 Å². The van der Waals surface area contributed by atoms with Crippen molar-refractivity contribution in [3.05, 3.63) is 51.6 Å². The lowest BCUT2D eigenvalue weighted by Gasteiger charge is -2.05. The summed E-state index contributed by atoms with van der Waals surface area (Å²) in [5, 5.41) is 17.8. The van der Waals surface area contributed by atoms with Gasteiger partial charge in [-0.2, -0.15) is 9.49 Å². The average Bonchev–Trinajstić information content (AvgIpc) is 2.65. The van der Waals surface area contributed by atoms with Gasteiger partial charge < -0.3 is 5.32 Å². The van der Waals surface area contributed by atoms with Crippen LogP contribution in [0.4, 0.5) is 15.8 Å². The van der Waals surface area contributed by atoms with E-state index in [-0.39, 0.29) is 0 Å². The van der Waals surface area contributed by atoms with Crippen molar-refractivity contribution in [2.45, 2.75) is 13.5 Å². The third kappa shape index (κ3) is 2.87. The van der Waals surface area contributed by atoms with Gasteiger partial charge in [0.2, 0.25) is 5.82 Å². The summed E-state index contributed by atoms with van der Waals surface area (Å²) in [6.07, 6.45) is 1.82. The van der Waals surface area contributed by atoms with Crippen LogP contribution >= 0.6 is 0 Å². The van der Waals surface area contributed by atoms with Crippen molar-refractivity contribution in [1.29, 1.82) is 0 Å². The molecule has 2 aromatic rings. The van der Waals surface area contributed by atoms with Crippen LogP contribution in [-0.2, 0) is 13.6 Å². The SMILES string of the molecule is Cc1nn(C)cc1NCc1ccc([N+](=O)[O-])c(F)c1. The molecule has 0 saturated heterocycles. The predicted octanol–water partition coefficient (Wildman–Crippen LogP) is 2.39. The second-order valence-electron chi connectivity index (χ2n) is 4.20. The van der Waals surface area contributed by atoms with Gasteiger partial charge in [-0.15, -0.1) is 0 Å². The van der Waals surface area contributed by atoms with Crippen LogP contribution in [0.5, 0.6) is 0 Å². The molecule has 6 nitrogen and oxygen atoms in total. The Balaban J connectivity index is 2.10. The normalized spacial score (nSPS) is 10.5. The fraction of sp³-hybridized carbons (Fsp3) is 0.250. The molecule has 0 aliphatic rings. The monoisotopic (exact) mass is 264 g/mol. The number of nitro benzene ring substituents is 1. The van der Waals surface area contributed by atoms with E-state index in [0.717, 1.165) is 17.4 Å². The number of aryl methyl sites for hydroxylation is 2. The molecular formula is C12H13FN4O2. The third-order valence-electron chi connectivity index (χ3n) is 2.71. The number of halogens is 1. The summed E-state index contributed by atoms with van der Waals surface area (Å²) in [5.74, 6) is -0.827. The number of benzene rings is 1. The second-order valence-corrected chi connectivity index (χ2v) is 4.20. The van der Waals surface area contributed by atoms with Crippen molar-refractivity contribution >= 4 is 11.4 Å². The van der Waals surface area contributed by atoms with E-state index in [0.29, 0.717) is 12.1 Å². The minimum absolute atomic E-state index is 0.376. The number of hydrogen-bond donors (Lipinski definition) is 1. The predicted molar refractivity (Wildman–Crippen MR) is 68.3 cm³/mol. The van der Waals surface area contributed by atoms with E-state index in [4.69, 9.17) is 0 Å². The molecule has 0 radical (unpaired) electrons. The molecule has 0 atom stereocenters. The topological polar surface area (TPSA) is 73.0 Å². The van der Waals surface area contributed by atoms with Crippen LogP contribution in [0.3, 0.4) is 0 Å². The number of nitrogens with zero attached hydrogens (tertiary/aromatic N) is 3. The van der Waals surface area contributed by atoms with Crippen molar-refractivity contribution in [2.24, 2.45) is 7.05 Å². The summed E-state index contributed by atoms with van der Waals surface area (Å²) < 4.78 is 15.1. The molecule has 0 unspecified atom stereocenters. The highest BCUT2D eigenvalue weighted by atomic mass is 19.1. The zero-order valence-electron chi connectivity index (χ0n) is 10.6. The van der Waals surface area contributed by atoms with Crippen molar-refractivity contribution < 1.29 is 9.31 Å². The molecule has 1 N–H and O–H groups in total. The molecule has 19 heavy (non-hydrogen) atoms. The third-order valence-corrected chi connectivity index (χ3v) is 2.71. The van der Waals surface area contributed by atoms with Crippen molar-refractivity contribution in [3.63, 3.8) is 0 Å². The molecule has 7 heteroatoms. The first kappa shape index (κ1) is 13.0. The van der Waals surface area contributed by atoms with Gasteiger partial charge in [-0.05, 0) is 18.6 Å². The molecule has 0 amide bonds. The first-order chi connectivity index (χ1) is 8.97. The van der Waals surface area contributed by atoms with Gasteiger partial charge in [0.1, 0.15) is 0 Å².